The van der Waals surface area contributed by atoms with Crippen LogP contribution in [0.5, 0.6) is 0 Å². The third kappa shape index (κ3) is 3.94. The lowest BCUT2D eigenvalue weighted by Crippen LogP contribution is -2.66. The molecule has 0 spiro atoms. The second kappa shape index (κ2) is 8.17. The number of carboxylic acid groups (broad SMARTS) is 1. The van der Waals surface area contributed by atoms with Gasteiger partial charge in [0.15, 0.2) is 11.9 Å². The Kier molecular flexibility index (Phi) is 5.56. The van der Waals surface area contributed by atoms with Crippen LogP contribution in [0.15, 0.2) is 34.9 Å². The van der Waals surface area contributed by atoms with Crippen LogP contribution in [0.3, 0.4) is 0 Å². The molecule has 2 N–H and O–H groups in total. The zero-order valence-electron chi connectivity index (χ0n) is 17.9. The minimum atomic E-state index is -1.38. The fourth-order valence-corrected chi connectivity index (χ4v) is 4.77. The summed E-state index contributed by atoms with van der Waals surface area (Å²) in [6, 6.07) is 4.93. The minimum Gasteiger partial charge on any atom is -0.479 e. The molecular weight excluding hydrogens is 398 g/mol. The highest BCUT2D eigenvalue weighted by atomic mass is 16.4. The Morgan fingerprint density at radius 1 is 1.26 bits per heavy atom. The summed E-state index contributed by atoms with van der Waals surface area (Å²) in [5.74, 6) is -1.66. The van der Waals surface area contributed by atoms with Crippen LogP contribution in [-0.4, -0.2) is 44.9 Å². The number of aliphatic carboxylic acids is 1. The largest absolute Gasteiger partial charge is 0.479 e. The van der Waals surface area contributed by atoms with Crippen molar-refractivity contribution in [1.29, 1.82) is 0 Å². The number of nitrogens with zero attached hydrogens (tertiary/aromatic N) is 2. The van der Waals surface area contributed by atoms with E-state index in [-0.39, 0.29) is 29.3 Å². The zero-order valence-corrected chi connectivity index (χ0v) is 17.9. The van der Waals surface area contributed by atoms with Crippen molar-refractivity contribution in [2.45, 2.75) is 58.2 Å². The highest BCUT2D eigenvalue weighted by Gasteiger charge is 2.50. The minimum absolute atomic E-state index is 0.0897. The maximum absolute atomic E-state index is 13.7. The molecule has 3 atom stereocenters. The van der Waals surface area contributed by atoms with Gasteiger partial charge >= 0.3 is 5.97 Å². The number of carboxylic acids is 1. The Balaban J connectivity index is 1.70. The summed E-state index contributed by atoms with van der Waals surface area (Å²) in [6.07, 6.45) is 2.93. The first kappa shape index (κ1) is 21.1. The lowest BCUT2D eigenvalue weighted by molar-refractivity contribution is -0.162. The molecule has 0 radical (unpaired) electrons. The van der Waals surface area contributed by atoms with Crippen molar-refractivity contribution >= 4 is 17.8 Å². The molecule has 1 fully saturated rings. The molecule has 2 amide bonds. The molecule has 8 heteroatoms. The number of aryl methyl sites for hydroxylation is 1. The number of oxazole rings is 1. The molecular formula is C23H27N3O5. The Bertz CT molecular complexity index is 989. The van der Waals surface area contributed by atoms with Gasteiger partial charge in [-0.2, -0.15) is 0 Å². The highest BCUT2D eigenvalue weighted by Crippen LogP contribution is 2.35. The van der Waals surface area contributed by atoms with Crippen molar-refractivity contribution in [3.05, 3.63) is 53.2 Å². The number of nitrogens with one attached hydrogen (secondary N) is 1. The van der Waals surface area contributed by atoms with Gasteiger partial charge in [0.2, 0.25) is 11.8 Å². The third-order valence-corrected chi connectivity index (χ3v) is 6.13. The molecule has 1 aromatic heterocycles. The molecule has 2 aliphatic rings. The lowest BCUT2D eigenvalue weighted by atomic mass is 9.88. The van der Waals surface area contributed by atoms with E-state index >= 15 is 0 Å². The summed E-state index contributed by atoms with van der Waals surface area (Å²) in [6.45, 7) is 5.48. The number of hydrogen-bond acceptors (Lipinski definition) is 5. The number of amides is 2. The van der Waals surface area contributed by atoms with Gasteiger partial charge in [-0.05, 0) is 42.2 Å². The highest BCUT2D eigenvalue weighted by molar-refractivity contribution is 5.99. The van der Waals surface area contributed by atoms with Crippen molar-refractivity contribution in [3.63, 3.8) is 0 Å². The van der Waals surface area contributed by atoms with E-state index < -0.39 is 24.1 Å². The van der Waals surface area contributed by atoms with Crippen molar-refractivity contribution in [2.75, 3.05) is 0 Å². The van der Waals surface area contributed by atoms with E-state index in [0.29, 0.717) is 25.2 Å². The van der Waals surface area contributed by atoms with Gasteiger partial charge in [-0.25, -0.2) is 9.78 Å². The molecule has 1 aliphatic heterocycles. The van der Waals surface area contributed by atoms with Gasteiger partial charge in [-0.3, -0.25) is 9.59 Å². The Morgan fingerprint density at radius 2 is 1.90 bits per heavy atom. The summed E-state index contributed by atoms with van der Waals surface area (Å²) in [5.41, 5.74) is 2.44. The molecule has 164 valence electrons. The zero-order chi connectivity index (χ0) is 22.3. The fraction of sp³-hybridized carbons (Fsp3) is 0.478. The van der Waals surface area contributed by atoms with Crippen LogP contribution in [0.4, 0.5) is 0 Å². The Morgan fingerprint density at radius 3 is 2.42 bits per heavy atom. The van der Waals surface area contributed by atoms with E-state index in [0.717, 1.165) is 11.1 Å². The van der Waals surface area contributed by atoms with E-state index in [1.165, 1.54) is 11.2 Å². The van der Waals surface area contributed by atoms with Crippen molar-refractivity contribution in [2.24, 2.45) is 11.8 Å². The monoisotopic (exact) mass is 425 g/mol. The van der Waals surface area contributed by atoms with Crippen molar-refractivity contribution in [3.8, 4) is 0 Å². The maximum atomic E-state index is 13.7. The number of carbonyl (C=O) groups excluding carboxylic acids is 2. The van der Waals surface area contributed by atoms with Crippen molar-refractivity contribution < 1.29 is 23.9 Å². The molecule has 1 aromatic carbocycles. The van der Waals surface area contributed by atoms with E-state index in [2.05, 4.69) is 10.3 Å². The Hall–Kier alpha value is -3.16. The maximum Gasteiger partial charge on any atom is 0.332 e. The smallest absolute Gasteiger partial charge is 0.332 e. The number of piperazine rings is 1. The molecule has 2 aromatic rings. The molecule has 2 heterocycles. The third-order valence-electron chi connectivity index (χ3n) is 6.13. The van der Waals surface area contributed by atoms with Crippen LogP contribution in [-0.2, 0) is 27.2 Å². The lowest BCUT2D eigenvalue weighted by Gasteiger charge is -2.43. The number of benzene rings is 1. The van der Waals surface area contributed by atoms with E-state index in [4.69, 9.17) is 4.42 Å². The Labute approximate surface area is 180 Å². The molecule has 1 saturated heterocycles. The number of fused-ring (bicyclic) bond motifs is 1. The quantitative estimate of drug-likeness (QED) is 0.734. The normalized spacial score (nSPS) is 22.5. The molecule has 0 saturated carbocycles. The van der Waals surface area contributed by atoms with Gasteiger partial charge < -0.3 is 19.7 Å². The van der Waals surface area contributed by atoms with Gasteiger partial charge in [-0.15, -0.1) is 0 Å². The van der Waals surface area contributed by atoms with Gasteiger partial charge in [-0.1, -0.05) is 38.1 Å². The number of aromatic nitrogens is 1. The van der Waals surface area contributed by atoms with Crippen LogP contribution in [0.1, 0.15) is 49.0 Å². The SMILES string of the molecule is Cc1nc([C@H](C(=O)O)N2C(=O)[C@@H](C3Cc4ccccc4C3)NC(=O)[C@H]2CC(C)C)co1. The first-order chi connectivity index (χ1) is 14.8. The standard InChI is InChI=1S/C23H27N3O5/c1-12(2)8-18-21(27)25-19(16-9-14-6-4-5-7-15(14)10-16)22(28)26(18)20(23(29)30)17-11-31-13(3)24-17/h4-7,11-12,16,18-20H,8-10H2,1-3H3,(H,25,27)(H,29,30)/t18-,19-,20-/m1/s1. The van der Waals surface area contributed by atoms with Crippen LogP contribution in [0.25, 0.3) is 0 Å². The number of hydrogen-bond donors (Lipinski definition) is 2. The predicted molar refractivity (Wildman–Crippen MR) is 111 cm³/mol. The average molecular weight is 425 g/mol. The van der Waals surface area contributed by atoms with Gasteiger partial charge in [0, 0.05) is 6.92 Å². The van der Waals surface area contributed by atoms with Crippen LogP contribution < -0.4 is 5.32 Å². The van der Waals surface area contributed by atoms with Gasteiger partial charge in [0.05, 0.1) is 0 Å². The van der Waals surface area contributed by atoms with E-state index in [9.17, 15) is 19.5 Å². The topological polar surface area (TPSA) is 113 Å². The number of carbonyl (C=O) groups is 3. The van der Waals surface area contributed by atoms with Crippen molar-refractivity contribution in [1.82, 2.24) is 15.2 Å². The summed E-state index contributed by atoms with van der Waals surface area (Å²) >= 11 is 0. The first-order valence-corrected chi connectivity index (χ1v) is 10.6. The summed E-state index contributed by atoms with van der Waals surface area (Å²) in [4.78, 5) is 44.5. The molecule has 31 heavy (non-hydrogen) atoms. The summed E-state index contributed by atoms with van der Waals surface area (Å²) in [5, 5.41) is 12.9. The first-order valence-electron chi connectivity index (χ1n) is 10.6. The molecule has 1 aliphatic carbocycles. The second-order valence-corrected chi connectivity index (χ2v) is 8.85. The molecule has 0 unspecified atom stereocenters. The fourth-order valence-electron chi connectivity index (χ4n) is 4.77. The molecule has 0 bridgehead atoms. The second-order valence-electron chi connectivity index (χ2n) is 8.85. The van der Waals surface area contributed by atoms with Crippen LogP contribution in [0.2, 0.25) is 0 Å². The average Bonchev–Trinajstić information content (AvgIpc) is 3.32. The van der Waals surface area contributed by atoms with Crippen LogP contribution in [0, 0.1) is 18.8 Å². The van der Waals surface area contributed by atoms with E-state index in [1.807, 2.05) is 38.1 Å². The molecule has 4 rings (SSSR count). The molecule has 8 nitrogen and oxygen atoms in total. The summed E-state index contributed by atoms with van der Waals surface area (Å²) in [7, 11) is 0. The number of rotatable bonds is 6. The van der Waals surface area contributed by atoms with Gasteiger partial charge in [0.25, 0.3) is 0 Å². The van der Waals surface area contributed by atoms with Gasteiger partial charge in [0.1, 0.15) is 24.0 Å². The van der Waals surface area contributed by atoms with E-state index in [1.54, 1.807) is 6.92 Å². The summed E-state index contributed by atoms with van der Waals surface area (Å²) < 4.78 is 5.22. The van der Waals surface area contributed by atoms with Crippen LogP contribution >= 0.6 is 0 Å². The predicted octanol–water partition coefficient (Wildman–Crippen LogP) is 2.27.